The van der Waals surface area contributed by atoms with E-state index in [-0.39, 0.29) is 27.9 Å². The molecule has 2 amide bonds. The number of carbonyl (C=O) groups excluding carboxylic acids is 2. The van der Waals surface area contributed by atoms with Gasteiger partial charge in [-0.05, 0) is 42.2 Å². The normalized spacial score (nSPS) is 18.1. The molecule has 1 aliphatic rings. The Morgan fingerprint density at radius 1 is 1.17 bits per heavy atom. The van der Waals surface area contributed by atoms with Gasteiger partial charge in [0.25, 0.3) is 5.91 Å². The van der Waals surface area contributed by atoms with E-state index < -0.39 is 21.8 Å². The molecule has 29 heavy (non-hydrogen) atoms. The quantitative estimate of drug-likeness (QED) is 0.770. The number of halogens is 1. The van der Waals surface area contributed by atoms with Crippen LogP contribution in [0.2, 0.25) is 5.02 Å². The van der Waals surface area contributed by atoms with Gasteiger partial charge < -0.3 is 5.32 Å². The molecule has 0 unspecified atom stereocenters. The molecule has 1 fully saturated rings. The summed E-state index contributed by atoms with van der Waals surface area (Å²) >= 11 is 6.30. The molecule has 0 saturated carbocycles. The second-order valence-corrected chi connectivity index (χ2v) is 9.33. The molecular formula is C21H23ClN2O4S. The molecule has 2 aromatic carbocycles. The van der Waals surface area contributed by atoms with Crippen molar-refractivity contribution in [1.29, 1.82) is 0 Å². The molecule has 0 spiro atoms. The van der Waals surface area contributed by atoms with Crippen LogP contribution in [-0.2, 0) is 27.7 Å². The third kappa shape index (κ3) is 4.02. The van der Waals surface area contributed by atoms with Gasteiger partial charge in [0.05, 0.1) is 27.9 Å². The first kappa shape index (κ1) is 21.3. The summed E-state index contributed by atoms with van der Waals surface area (Å²) in [7, 11) is -3.73. The van der Waals surface area contributed by atoms with Crippen LogP contribution in [0, 0.1) is 5.92 Å². The Bertz CT molecular complexity index is 1060. The molecule has 1 heterocycles. The van der Waals surface area contributed by atoms with Gasteiger partial charge in [0.1, 0.15) is 0 Å². The number of benzene rings is 2. The van der Waals surface area contributed by atoms with Gasteiger partial charge in [-0.3, -0.25) is 9.59 Å². The molecule has 154 valence electrons. The maximum absolute atomic E-state index is 12.9. The predicted molar refractivity (Wildman–Crippen MR) is 115 cm³/mol. The van der Waals surface area contributed by atoms with E-state index in [4.69, 9.17) is 11.6 Å². The van der Waals surface area contributed by atoms with E-state index >= 15 is 0 Å². The van der Waals surface area contributed by atoms with Crippen LogP contribution >= 0.6 is 11.6 Å². The van der Waals surface area contributed by atoms with Gasteiger partial charge in [0, 0.05) is 5.69 Å². The van der Waals surface area contributed by atoms with Crippen molar-refractivity contribution in [2.75, 3.05) is 15.4 Å². The minimum absolute atomic E-state index is 0.0783. The number of carbonyl (C=O) groups is 2. The van der Waals surface area contributed by atoms with Gasteiger partial charge in [-0.25, -0.2) is 12.7 Å². The molecule has 2 aromatic rings. The SMILES string of the molecule is CCc1cccc(CC)c1NC(=O)c1ccc(N2C(=O)[C@@H](C)CS2(=O)=O)cc1Cl. The summed E-state index contributed by atoms with van der Waals surface area (Å²) in [6, 6.07) is 10.1. The van der Waals surface area contributed by atoms with E-state index in [0.29, 0.717) is 0 Å². The van der Waals surface area contributed by atoms with Gasteiger partial charge in [0.2, 0.25) is 15.9 Å². The maximum atomic E-state index is 12.9. The van der Waals surface area contributed by atoms with Crippen LogP contribution in [0.3, 0.4) is 0 Å². The zero-order valence-corrected chi connectivity index (χ0v) is 18.1. The van der Waals surface area contributed by atoms with Crippen LogP contribution in [0.25, 0.3) is 0 Å². The minimum Gasteiger partial charge on any atom is -0.321 e. The highest BCUT2D eigenvalue weighted by atomic mass is 35.5. The van der Waals surface area contributed by atoms with Crippen LogP contribution < -0.4 is 9.62 Å². The van der Waals surface area contributed by atoms with Gasteiger partial charge >= 0.3 is 0 Å². The molecule has 1 N–H and O–H groups in total. The number of rotatable bonds is 5. The van der Waals surface area contributed by atoms with Crippen LogP contribution in [-0.4, -0.2) is 26.0 Å². The van der Waals surface area contributed by atoms with Gasteiger partial charge in [0.15, 0.2) is 0 Å². The predicted octanol–water partition coefficient (Wildman–Crippen LogP) is 4.03. The second-order valence-electron chi connectivity index (χ2n) is 7.06. The van der Waals surface area contributed by atoms with E-state index in [0.717, 1.165) is 34.0 Å². The number of nitrogens with one attached hydrogen (secondary N) is 1. The molecule has 0 aliphatic carbocycles. The first-order valence-electron chi connectivity index (χ1n) is 9.48. The van der Waals surface area contributed by atoms with Crippen LogP contribution in [0.5, 0.6) is 0 Å². The largest absolute Gasteiger partial charge is 0.321 e. The third-order valence-corrected chi connectivity index (χ3v) is 7.21. The lowest BCUT2D eigenvalue weighted by Gasteiger charge is -2.17. The number of aryl methyl sites for hydroxylation is 2. The number of nitrogens with zero attached hydrogens (tertiary/aromatic N) is 1. The zero-order valence-electron chi connectivity index (χ0n) is 16.5. The van der Waals surface area contributed by atoms with Gasteiger partial charge in [-0.1, -0.05) is 50.6 Å². The number of sulfonamides is 1. The summed E-state index contributed by atoms with van der Waals surface area (Å²) < 4.78 is 25.3. The highest BCUT2D eigenvalue weighted by Gasteiger charge is 2.42. The van der Waals surface area contributed by atoms with Gasteiger partial charge in [-0.2, -0.15) is 0 Å². The summed E-state index contributed by atoms with van der Waals surface area (Å²) in [5.41, 5.74) is 3.17. The van der Waals surface area contributed by atoms with Crippen molar-refractivity contribution >= 4 is 44.8 Å². The van der Waals surface area contributed by atoms with E-state index in [1.165, 1.54) is 18.2 Å². The van der Waals surface area contributed by atoms with Crippen molar-refractivity contribution in [3.8, 4) is 0 Å². The Morgan fingerprint density at radius 3 is 2.28 bits per heavy atom. The molecule has 3 rings (SSSR count). The Kier molecular flexibility index (Phi) is 6.00. The number of amides is 2. The van der Waals surface area contributed by atoms with Crippen molar-refractivity contribution in [3.63, 3.8) is 0 Å². The Morgan fingerprint density at radius 2 is 1.79 bits per heavy atom. The first-order valence-corrected chi connectivity index (χ1v) is 11.5. The number of hydrogen-bond acceptors (Lipinski definition) is 4. The fourth-order valence-electron chi connectivity index (χ4n) is 3.49. The summed E-state index contributed by atoms with van der Waals surface area (Å²) in [5.74, 6) is -1.73. The lowest BCUT2D eigenvalue weighted by atomic mass is 10.0. The average molecular weight is 435 g/mol. The van der Waals surface area contributed by atoms with Crippen molar-refractivity contribution in [2.45, 2.75) is 33.6 Å². The Balaban J connectivity index is 1.92. The van der Waals surface area contributed by atoms with Gasteiger partial charge in [-0.15, -0.1) is 0 Å². The number of anilines is 2. The van der Waals surface area contributed by atoms with E-state index in [1.54, 1.807) is 6.92 Å². The standard InChI is InChI=1S/C21H23ClN2O4S/c1-4-14-7-6-8-15(5-2)19(14)23-20(25)17-10-9-16(11-18(17)22)24-21(26)13(3)12-29(24,27)28/h6-11,13H,4-5,12H2,1-3H3,(H,23,25)/t13-/m0/s1. The smallest absolute Gasteiger partial charge is 0.257 e. The maximum Gasteiger partial charge on any atom is 0.257 e. The molecule has 8 heteroatoms. The number of hydrogen-bond donors (Lipinski definition) is 1. The van der Waals surface area contributed by atoms with Crippen molar-refractivity contribution < 1.29 is 18.0 Å². The molecule has 0 bridgehead atoms. The fourth-order valence-corrected chi connectivity index (χ4v) is 5.56. The first-order chi connectivity index (χ1) is 13.7. The molecule has 1 saturated heterocycles. The van der Waals surface area contributed by atoms with Crippen molar-refractivity contribution in [2.24, 2.45) is 5.92 Å². The van der Waals surface area contributed by atoms with E-state index in [2.05, 4.69) is 5.32 Å². The van der Waals surface area contributed by atoms with Crippen LogP contribution in [0.15, 0.2) is 36.4 Å². The van der Waals surface area contributed by atoms with Crippen LogP contribution in [0.1, 0.15) is 42.3 Å². The van der Waals surface area contributed by atoms with Crippen molar-refractivity contribution in [1.82, 2.24) is 0 Å². The number of para-hydroxylation sites is 1. The molecule has 6 nitrogen and oxygen atoms in total. The Labute approximate surface area is 175 Å². The summed E-state index contributed by atoms with van der Waals surface area (Å²) in [4.78, 5) is 25.1. The molecule has 0 aromatic heterocycles. The Hall–Kier alpha value is -2.38. The highest BCUT2D eigenvalue weighted by Crippen LogP contribution is 2.32. The molecular weight excluding hydrogens is 412 g/mol. The average Bonchev–Trinajstić information content (AvgIpc) is 2.88. The second kappa shape index (κ2) is 8.16. The lowest BCUT2D eigenvalue weighted by Crippen LogP contribution is -2.30. The molecule has 0 radical (unpaired) electrons. The molecule has 1 aliphatic heterocycles. The third-order valence-electron chi connectivity index (χ3n) is 5.03. The summed E-state index contributed by atoms with van der Waals surface area (Å²) in [6.07, 6.45) is 1.53. The minimum atomic E-state index is -3.73. The van der Waals surface area contributed by atoms with E-state index in [9.17, 15) is 18.0 Å². The summed E-state index contributed by atoms with van der Waals surface area (Å²) in [6.45, 7) is 5.60. The monoisotopic (exact) mass is 434 g/mol. The molecule has 1 atom stereocenters. The lowest BCUT2D eigenvalue weighted by molar-refractivity contribution is -0.119. The van der Waals surface area contributed by atoms with E-state index in [1.807, 2.05) is 32.0 Å². The van der Waals surface area contributed by atoms with Crippen molar-refractivity contribution in [3.05, 3.63) is 58.1 Å². The fraction of sp³-hybridized carbons (Fsp3) is 0.333. The zero-order chi connectivity index (χ0) is 21.3. The topological polar surface area (TPSA) is 83.6 Å². The van der Waals surface area contributed by atoms with Crippen LogP contribution in [0.4, 0.5) is 11.4 Å². The highest BCUT2D eigenvalue weighted by molar-refractivity contribution is 7.94. The summed E-state index contributed by atoms with van der Waals surface area (Å²) in [5, 5.41) is 3.02.